The fourth-order valence-corrected chi connectivity index (χ4v) is 2.51. The van der Waals surface area contributed by atoms with E-state index in [0.29, 0.717) is 11.4 Å². The van der Waals surface area contributed by atoms with Crippen molar-refractivity contribution in [3.8, 4) is 5.75 Å². The Morgan fingerprint density at radius 1 is 1.46 bits per heavy atom. The maximum atomic E-state index is 12.5. The molecule has 1 aromatic carbocycles. The summed E-state index contributed by atoms with van der Waals surface area (Å²) in [7, 11) is 0. The van der Waals surface area contributed by atoms with Crippen LogP contribution in [0.2, 0.25) is 0 Å². The summed E-state index contributed by atoms with van der Waals surface area (Å²) in [5.41, 5.74) is 0.831. The van der Waals surface area contributed by atoms with Gasteiger partial charge in [0.15, 0.2) is 0 Å². The van der Waals surface area contributed by atoms with E-state index in [1.165, 1.54) is 6.92 Å². The highest BCUT2D eigenvalue weighted by Gasteiger charge is 2.47. The van der Waals surface area contributed by atoms with E-state index in [2.05, 4.69) is 15.7 Å². The van der Waals surface area contributed by atoms with E-state index in [0.717, 1.165) is 17.7 Å². The lowest BCUT2D eigenvalue weighted by molar-refractivity contribution is -0.146. The van der Waals surface area contributed by atoms with Crippen LogP contribution in [0.1, 0.15) is 25.0 Å². The molecule has 0 radical (unpaired) electrons. The molecule has 2 heterocycles. The number of ether oxygens (including phenoxy) is 1. The Bertz CT molecular complexity index is 799. The second-order valence-electron chi connectivity index (χ2n) is 5.98. The number of amides is 2. The molecule has 126 valence electrons. The molecule has 7 nitrogen and oxygen atoms in total. The monoisotopic (exact) mass is 328 g/mol. The first-order chi connectivity index (χ1) is 11.4. The number of benzene rings is 1. The molecule has 24 heavy (non-hydrogen) atoms. The van der Waals surface area contributed by atoms with E-state index >= 15 is 0 Å². The molecule has 2 aromatic rings. The molecule has 2 N–H and O–H groups in total. The number of anilines is 1. The van der Waals surface area contributed by atoms with Crippen molar-refractivity contribution >= 4 is 17.5 Å². The standard InChI is InChI=1S/C17H20N4O3/c1-4-21-10-12(9-19-21)8-18-15(22)17(3)16(23)20-13-7-11(2)5-6-14(13)24-17/h5-7,9-10H,4,8H2,1-3H3,(H,18,22)(H,20,23). The minimum atomic E-state index is -1.61. The van der Waals surface area contributed by atoms with Crippen molar-refractivity contribution in [1.82, 2.24) is 15.1 Å². The van der Waals surface area contributed by atoms with E-state index in [4.69, 9.17) is 4.74 Å². The SMILES string of the molecule is CCn1cc(CNC(=O)C2(C)Oc3ccc(C)cc3NC2=O)cn1. The van der Waals surface area contributed by atoms with Gasteiger partial charge in [-0.2, -0.15) is 5.10 Å². The van der Waals surface area contributed by atoms with Gasteiger partial charge in [0.25, 0.3) is 17.4 Å². The van der Waals surface area contributed by atoms with Gasteiger partial charge >= 0.3 is 0 Å². The second-order valence-corrected chi connectivity index (χ2v) is 5.98. The Morgan fingerprint density at radius 3 is 2.96 bits per heavy atom. The highest BCUT2D eigenvalue weighted by molar-refractivity contribution is 6.15. The summed E-state index contributed by atoms with van der Waals surface area (Å²) in [5, 5.41) is 9.63. The third-order valence-corrected chi connectivity index (χ3v) is 4.03. The van der Waals surface area contributed by atoms with Crippen LogP contribution in [0.4, 0.5) is 5.69 Å². The van der Waals surface area contributed by atoms with Crippen molar-refractivity contribution in [2.24, 2.45) is 0 Å². The Hall–Kier alpha value is -2.83. The molecule has 1 aliphatic heterocycles. The first-order valence-electron chi connectivity index (χ1n) is 7.83. The third-order valence-electron chi connectivity index (χ3n) is 4.03. The van der Waals surface area contributed by atoms with E-state index in [1.807, 2.05) is 32.2 Å². The lowest BCUT2D eigenvalue weighted by atomic mass is 10.0. The highest BCUT2D eigenvalue weighted by Crippen LogP contribution is 2.34. The summed E-state index contributed by atoms with van der Waals surface area (Å²) in [5.74, 6) is -0.491. The third kappa shape index (κ3) is 2.84. The first-order valence-corrected chi connectivity index (χ1v) is 7.83. The molecule has 1 aliphatic rings. The van der Waals surface area contributed by atoms with Crippen LogP contribution in [0.5, 0.6) is 5.75 Å². The van der Waals surface area contributed by atoms with Gasteiger partial charge in [0, 0.05) is 24.8 Å². The van der Waals surface area contributed by atoms with Crippen molar-refractivity contribution in [3.05, 3.63) is 41.7 Å². The van der Waals surface area contributed by atoms with Crippen LogP contribution in [-0.2, 0) is 22.7 Å². The molecule has 0 bridgehead atoms. The summed E-state index contributed by atoms with van der Waals surface area (Å²) in [4.78, 5) is 24.9. The molecular weight excluding hydrogens is 308 g/mol. The molecule has 0 fully saturated rings. The molecule has 0 saturated heterocycles. The molecule has 1 unspecified atom stereocenters. The number of nitrogens with zero attached hydrogens (tertiary/aromatic N) is 2. The topological polar surface area (TPSA) is 85.3 Å². The van der Waals surface area contributed by atoms with Crippen molar-refractivity contribution in [3.63, 3.8) is 0 Å². The van der Waals surface area contributed by atoms with E-state index in [-0.39, 0.29) is 6.54 Å². The van der Waals surface area contributed by atoms with Crippen molar-refractivity contribution in [1.29, 1.82) is 0 Å². The van der Waals surface area contributed by atoms with Gasteiger partial charge in [0.05, 0.1) is 11.9 Å². The van der Waals surface area contributed by atoms with Gasteiger partial charge in [-0.25, -0.2) is 0 Å². The number of nitrogens with one attached hydrogen (secondary N) is 2. The maximum absolute atomic E-state index is 12.5. The second kappa shape index (κ2) is 5.99. The molecular formula is C17H20N4O3. The molecule has 2 amide bonds. The number of aromatic nitrogens is 2. The molecule has 0 spiro atoms. The minimum Gasteiger partial charge on any atom is -0.466 e. The lowest BCUT2D eigenvalue weighted by Crippen LogP contribution is -2.58. The summed E-state index contributed by atoms with van der Waals surface area (Å²) in [6.07, 6.45) is 3.54. The van der Waals surface area contributed by atoms with Gasteiger partial charge in [0.1, 0.15) is 5.75 Å². The molecule has 0 saturated carbocycles. The lowest BCUT2D eigenvalue weighted by Gasteiger charge is -2.33. The fraction of sp³-hybridized carbons (Fsp3) is 0.353. The van der Waals surface area contributed by atoms with Gasteiger partial charge in [-0.3, -0.25) is 14.3 Å². The van der Waals surface area contributed by atoms with Gasteiger partial charge < -0.3 is 15.4 Å². The maximum Gasteiger partial charge on any atom is 0.278 e. The molecule has 3 rings (SSSR count). The Balaban J connectivity index is 1.73. The van der Waals surface area contributed by atoms with Crippen LogP contribution in [0.3, 0.4) is 0 Å². The number of aryl methyl sites for hydroxylation is 2. The smallest absolute Gasteiger partial charge is 0.278 e. The van der Waals surface area contributed by atoms with Crippen LogP contribution >= 0.6 is 0 Å². The van der Waals surface area contributed by atoms with Gasteiger partial charge in [0.2, 0.25) is 0 Å². The van der Waals surface area contributed by atoms with Crippen LogP contribution in [0, 0.1) is 6.92 Å². The van der Waals surface area contributed by atoms with Crippen LogP contribution in [0.15, 0.2) is 30.6 Å². The summed E-state index contributed by atoms with van der Waals surface area (Å²) in [6.45, 7) is 6.41. The van der Waals surface area contributed by atoms with Crippen LogP contribution < -0.4 is 15.4 Å². The van der Waals surface area contributed by atoms with Gasteiger partial charge in [-0.15, -0.1) is 0 Å². The first kappa shape index (κ1) is 16.0. The van der Waals surface area contributed by atoms with Crippen molar-refractivity contribution < 1.29 is 14.3 Å². The van der Waals surface area contributed by atoms with Gasteiger partial charge in [-0.1, -0.05) is 6.07 Å². The van der Waals surface area contributed by atoms with Crippen molar-refractivity contribution in [2.45, 2.75) is 39.5 Å². The molecule has 7 heteroatoms. The predicted molar refractivity (Wildman–Crippen MR) is 88.6 cm³/mol. The zero-order chi connectivity index (χ0) is 17.3. The normalized spacial score (nSPS) is 19.2. The average Bonchev–Trinajstić information content (AvgIpc) is 3.02. The quantitative estimate of drug-likeness (QED) is 0.835. The Kier molecular flexibility index (Phi) is 4.01. The van der Waals surface area contributed by atoms with Crippen molar-refractivity contribution in [2.75, 3.05) is 5.32 Å². The van der Waals surface area contributed by atoms with E-state index in [9.17, 15) is 9.59 Å². The van der Waals surface area contributed by atoms with E-state index in [1.54, 1.807) is 16.9 Å². The predicted octanol–water partition coefficient (Wildman–Crippen LogP) is 1.62. The van der Waals surface area contributed by atoms with Crippen LogP contribution in [-0.4, -0.2) is 27.2 Å². The number of hydrogen-bond acceptors (Lipinski definition) is 4. The molecule has 0 aliphatic carbocycles. The zero-order valence-corrected chi connectivity index (χ0v) is 13.9. The zero-order valence-electron chi connectivity index (χ0n) is 13.9. The average molecular weight is 328 g/mol. The molecule has 1 atom stereocenters. The number of fused-ring (bicyclic) bond motifs is 1. The Labute approximate surface area is 140 Å². The highest BCUT2D eigenvalue weighted by atomic mass is 16.5. The van der Waals surface area contributed by atoms with Crippen LogP contribution in [0.25, 0.3) is 0 Å². The van der Waals surface area contributed by atoms with Gasteiger partial charge in [-0.05, 0) is 38.5 Å². The molecule has 1 aromatic heterocycles. The number of carbonyl (C=O) groups is 2. The fourth-order valence-electron chi connectivity index (χ4n) is 2.51. The summed E-state index contributed by atoms with van der Waals surface area (Å²) >= 11 is 0. The number of carbonyl (C=O) groups excluding carboxylic acids is 2. The largest absolute Gasteiger partial charge is 0.466 e. The number of hydrogen-bond donors (Lipinski definition) is 2. The van der Waals surface area contributed by atoms with E-state index < -0.39 is 17.4 Å². The summed E-state index contributed by atoms with van der Waals surface area (Å²) in [6, 6.07) is 5.43. The Morgan fingerprint density at radius 2 is 2.25 bits per heavy atom. The summed E-state index contributed by atoms with van der Waals surface area (Å²) < 4.78 is 7.49. The minimum absolute atomic E-state index is 0.284. The number of rotatable bonds is 4.